The number of amides is 7. The van der Waals surface area contributed by atoms with Crippen molar-refractivity contribution in [3.8, 4) is 0 Å². The zero-order valence-electron chi connectivity index (χ0n) is 27.6. The highest BCUT2D eigenvalue weighted by Crippen LogP contribution is 2.32. The number of hydrogen-bond acceptors (Lipinski definition) is 9. The predicted molar refractivity (Wildman–Crippen MR) is 170 cm³/mol. The standard InChI is InChI=1S/C32H44N6O10/c1-31(2,19-38-26(42)10-11-27(38)43)12-13-32(3,4)30(47)35-16-23(39)33-17-25(41)37-22(14-21-8-6-5-7-9-21)29(46)34-15-24(40)36-20-48-18-28(44)45/h5-11,22H,12-20H2,1-4H3,(H,33,39)(H,34,46)(H,35,47)(H,36,40)(H,37,41)(H,44,45). The van der Waals surface area contributed by atoms with E-state index in [1.807, 2.05) is 13.8 Å². The molecule has 6 N–H and O–H groups in total. The van der Waals surface area contributed by atoms with E-state index in [0.29, 0.717) is 12.8 Å². The topological polar surface area (TPSA) is 229 Å². The van der Waals surface area contributed by atoms with Crippen LogP contribution in [0, 0.1) is 10.8 Å². The first-order valence-electron chi connectivity index (χ1n) is 15.2. The minimum Gasteiger partial charge on any atom is -0.480 e. The van der Waals surface area contributed by atoms with E-state index in [4.69, 9.17) is 9.84 Å². The van der Waals surface area contributed by atoms with Crippen molar-refractivity contribution in [3.63, 3.8) is 0 Å². The van der Waals surface area contributed by atoms with Gasteiger partial charge in [-0.2, -0.15) is 0 Å². The van der Waals surface area contributed by atoms with Crippen LogP contribution >= 0.6 is 0 Å². The second kappa shape index (κ2) is 18.3. The molecule has 1 unspecified atom stereocenters. The number of benzene rings is 1. The zero-order valence-corrected chi connectivity index (χ0v) is 27.6. The summed E-state index contributed by atoms with van der Waals surface area (Å²) in [6, 6.07) is 7.69. The molecule has 1 aliphatic heterocycles. The van der Waals surface area contributed by atoms with Gasteiger partial charge in [-0.25, -0.2) is 4.79 Å². The Morgan fingerprint density at radius 1 is 0.792 bits per heavy atom. The van der Waals surface area contributed by atoms with Gasteiger partial charge < -0.3 is 36.4 Å². The van der Waals surface area contributed by atoms with Crippen molar-refractivity contribution in [2.75, 3.05) is 39.5 Å². The van der Waals surface area contributed by atoms with E-state index < -0.39 is 78.6 Å². The summed E-state index contributed by atoms with van der Waals surface area (Å²) in [5.74, 6) is -5.00. The molecule has 2 rings (SSSR count). The number of carbonyl (C=O) groups excluding carboxylic acids is 7. The molecule has 0 aliphatic carbocycles. The highest BCUT2D eigenvalue weighted by atomic mass is 16.5. The second-order valence-electron chi connectivity index (χ2n) is 12.6. The quantitative estimate of drug-likeness (QED) is 0.0562. The average Bonchev–Trinajstić information content (AvgIpc) is 3.34. The van der Waals surface area contributed by atoms with E-state index >= 15 is 0 Å². The highest BCUT2D eigenvalue weighted by Gasteiger charge is 2.34. The van der Waals surface area contributed by atoms with Gasteiger partial charge in [0.15, 0.2) is 0 Å². The van der Waals surface area contributed by atoms with E-state index in [1.54, 1.807) is 44.2 Å². The molecule has 48 heavy (non-hydrogen) atoms. The van der Waals surface area contributed by atoms with Crippen LogP contribution in [0.3, 0.4) is 0 Å². The Labute approximate surface area is 278 Å². The van der Waals surface area contributed by atoms with Gasteiger partial charge in [-0.1, -0.05) is 58.0 Å². The number of aliphatic carboxylic acids is 1. The predicted octanol–water partition coefficient (Wildman–Crippen LogP) is -1.00. The molecular formula is C32H44N6O10. The fraction of sp³-hybridized carbons (Fsp3) is 0.500. The second-order valence-corrected chi connectivity index (χ2v) is 12.6. The Balaban J connectivity index is 1.82. The van der Waals surface area contributed by atoms with Crippen molar-refractivity contribution in [2.45, 2.75) is 53.0 Å². The molecule has 1 atom stereocenters. The lowest BCUT2D eigenvalue weighted by molar-refractivity contribution is -0.143. The lowest BCUT2D eigenvalue weighted by atomic mass is 9.78. The first-order valence-corrected chi connectivity index (χ1v) is 15.2. The van der Waals surface area contributed by atoms with Gasteiger partial charge >= 0.3 is 5.97 Å². The molecular weight excluding hydrogens is 628 g/mol. The molecule has 262 valence electrons. The van der Waals surface area contributed by atoms with E-state index in [2.05, 4.69) is 26.6 Å². The third kappa shape index (κ3) is 14.1. The number of carboxylic acids is 1. The van der Waals surface area contributed by atoms with Crippen LogP contribution in [0.1, 0.15) is 46.1 Å². The van der Waals surface area contributed by atoms with Crippen LogP contribution in [0.15, 0.2) is 42.5 Å². The Bertz CT molecular complexity index is 1370. The third-order valence-electron chi connectivity index (χ3n) is 7.34. The first-order chi connectivity index (χ1) is 22.5. The fourth-order valence-corrected chi connectivity index (χ4v) is 4.43. The highest BCUT2D eigenvalue weighted by molar-refractivity contribution is 6.12. The summed E-state index contributed by atoms with van der Waals surface area (Å²) in [5.41, 5.74) is -0.621. The van der Waals surface area contributed by atoms with Crippen molar-refractivity contribution in [2.24, 2.45) is 10.8 Å². The zero-order chi connectivity index (χ0) is 35.9. The summed E-state index contributed by atoms with van der Waals surface area (Å²) in [6.45, 7) is 5.09. The summed E-state index contributed by atoms with van der Waals surface area (Å²) >= 11 is 0. The molecule has 0 fully saturated rings. The van der Waals surface area contributed by atoms with E-state index in [9.17, 15) is 38.4 Å². The molecule has 0 spiro atoms. The number of hydrogen-bond donors (Lipinski definition) is 6. The molecule has 0 radical (unpaired) electrons. The summed E-state index contributed by atoms with van der Waals surface area (Å²) < 4.78 is 4.71. The molecule has 7 amide bonds. The minimum atomic E-state index is -1.21. The number of imide groups is 1. The molecule has 1 heterocycles. The number of nitrogens with zero attached hydrogens (tertiary/aromatic N) is 1. The van der Waals surface area contributed by atoms with Gasteiger partial charge in [0.05, 0.1) is 19.6 Å². The van der Waals surface area contributed by atoms with Gasteiger partial charge in [0, 0.05) is 30.5 Å². The fourth-order valence-electron chi connectivity index (χ4n) is 4.43. The molecule has 1 aliphatic rings. The number of nitrogens with one attached hydrogen (secondary N) is 5. The maximum absolute atomic E-state index is 12.9. The van der Waals surface area contributed by atoms with Gasteiger partial charge in [0.2, 0.25) is 29.5 Å². The van der Waals surface area contributed by atoms with Crippen molar-refractivity contribution in [1.29, 1.82) is 0 Å². The van der Waals surface area contributed by atoms with Gasteiger partial charge in [-0.15, -0.1) is 0 Å². The van der Waals surface area contributed by atoms with Gasteiger partial charge in [-0.05, 0) is 23.8 Å². The average molecular weight is 673 g/mol. The van der Waals surface area contributed by atoms with Crippen LogP contribution in [0.4, 0.5) is 0 Å². The van der Waals surface area contributed by atoms with Crippen molar-refractivity contribution < 1.29 is 48.2 Å². The van der Waals surface area contributed by atoms with E-state index in [0.717, 1.165) is 10.5 Å². The molecule has 16 nitrogen and oxygen atoms in total. The number of carbonyl (C=O) groups is 8. The number of ether oxygens (including phenoxy) is 1. The normalized spacial score (nSPS) is 13.5. The van der Waals surface area contributed by atoms with Crippen LogP contribution in [-0.2, 0) is 49.5 Å². The smallest absolute Gasteiger partial charge is 0.329 e. The van der Waals surface area contributed by atoms with E-state index in [-0.39, 0.29) is 31.5 Å². The maximum Gasteiger partial charge on any atom is 0.329 e. The Hall–Kier alpha value is -5.12. The van der Waals surface area contributed by atoms with Gasteiger partial charge in [-0.3, -0.25) is 38.5 Å². The summed E-state index contributed by atoms with van der Waals surface area (Å²) in [6.07, 6.45) is 3.45. The van der Waals surface area contributed by atoms with Crippen LogP contribution in [0.25, 0.3) is 0 Å². The first kappa shape index (κ1) is 39.1. The number of carboxylic acid groups (broad SMARTS) is 1. The minimum absolute atomic E-state index is 0.0825. The lowest BCUT2D eigenvalue weighted by Crippen LogP contribution is -2.52. The molecule has 16 heteroatoms. The summed E-state index contributed by atoms with van der Waals surface area (Å²) in [4.78, 5) is 98.3. The SMILES string of the molecule is CC(C)(CCC(C)(C)C(=O)NCC(=O)NCC(=O)NC(Cc1ccccc1)C(=O)NCC(=O)NCOCC(=O)O)CN1C(=O)C=CC1=O. The Kier molecular flexibility index (Phi) is 14.9. The van der Waals surface area contributed by atoms with Crippen LogP contribution in [0.2, 0.25) is 0 Å². The van der Waals surface area contributed by atoms with Crippen LogP contribution in [-0.4, -0.2) is 103 Å². The molecule has 0 aromatic heterocycles. The number of rotatable bonds is 20. The summed E-state index contributed by atoms with van der Waals surface area (Å²) in [5, 5.41) is 20.7. The monoisotopic (exact) mass is 672 g/mol. The van der Waals surface area contributed by atoms with Crippen LogP contribution < -0.4 is 26.6 Å². The van der Waals surface area contributed by atoms with E-state index in [1.165, 1.54) is 12.2 Å². The lowest BCUT2D eigenvalue weighted by Gasteiger charge is -2.32. The third-order valence-corrected chi connectivity index (χ3v) is 7.34. The van der Waals surface area contributed by atoms with Gasteiger partial charge in [0.25, 0.3) is 11.8 Å². The molecule has 0 saturated heterocycles. The molecule has 1 aromatic carbocycles. The van der Waals surface area contributed by atoms with Crippen molar-refractivity contribution in [3.05, 3.63) is 48.0 Å². The van der Waals surface area contributed by atoms with Gasteiger partial charge in [0.1, 0.15) is 19.4 Å². The maximum atomic E-state index is 12.9. The molecule has 1 aromatic rings. The molecule has 0 saturated carbocycles. The summed E-state index contributed by atoms with van der Waals surface area (Å²) in [7, 11) is 0. The van der Waals surface area contributed by atoms with Crippen molar-refractivity contribution in [1.82, 2.24) is 31.5 Å². The molecule has 0 bridgehead atoms. The van der Waals surface area contributed by atoms with Crippen molar-refractivity contribution >= 4 is 47.3 Å². The largest absolute Gasteiger partial charge is 0.480 e. The van der Waals surface area contributed by atoms with Crippen LogP contribution in [0.5, 0.6) is 0 Å². The Morgan fingerprint density at radius 3 is 2.00 bits per heavy atom. The Morgan fingerprint density at radius 2 is 1.38 bits per heavy atom.